The molecular weight excluding hydrogens is 817 g/mol. The number of ether oxygens (including phenoxy) is 1. The summed E-state index contributed by atoms with van der Waals surface area (Å²) in [5.74, 6) is 1.43. The second kappa shape index (κ2) is 20.7. The van der Waals surface area contributed by atoms with Gasteiger partial charge in [-0.15, -0.1) is 0 Å². The van der Waals surface area contributed by atoms with Gasteiger partial charge in [-0.3, -0.25) is 0 Å². The summed E-state index contributed by atoms with van der Waals surface area (Å²) in [6.07, 6.45) is 15.7. The number of rotatable bonds is 18. The average Bonchev–Trinajstić information content (AvgIpc) is 4.19. The summed E-state index contributed by atoms with van der Waals surface area (Å²) in [6.45, 7) is 2.98. The van der Waals surface area contributed by atoms with E-state index in [1.165, 1.54) is 70.6 Å². The molecule has 336 valence electrons. The van der Waals surface area contributed by atoms with E-state index in [2.05, 4.69) is 99.7 Å². The van der Waals surface area contributed by atoms with E-state index in [4.69, 9.17) is 4.74 Å². The molecule has 66 heavy (non-hydrogen) atoms. The van der Waals surface area contributed by atoms with E-state index in [-0.39, 0.29) is 17.2 Å². The number of unbranched alkanes of at least 4 members (excludes halogenated alkanes) is 11. The number of fused-ring (bicyclic) bond motifs is 8. The minimum atomic E-state index is 0.188. The summed E-state index contributed by atoms with van der Waals surface area (Å²) in [4.78, 5) is 15.2. The Morgan fingerprint density at radius 1 is 0.318 bits per heavy atom. The summed E-state index contributed by atoms with van der Waals surface area (Å²) >= 11 is 0. The number of hydrogen-bond donors (Lipinski definition) is 7. The minimum absolute atomic E-state index is 0.188. The predicted octanol–water partition coefficient (Wildman–Crippen LogP) is 10.5. The van der Waals surface area contributed by atoms with Gasteiger partial charge in [-0.05, 0) is 126 Å². The number of aromatic amines is 4. The fraction of sp³-hybridized carbons (Fsp3) is 0.241. The summed E-state index contributed by atoms with van der Waals surface area (Å²) in [5.41, 5.74) is 11.1. The van der Waals surface area contributed by atoms with Crippen molar-refractivity contribution in [2.45, 2.75) is 84.0 Å². The normalized spacial score (nSPS) is 12.6. The van der Waals surface area contributed by atoms with Crippen molar-refractivity contribution in [3.8, 4) is 23.0 Å². The van der Waals surface area contributed by atoms with E-state index in [0.717, 1.165) is 101 Å². The molecule has 8 bridgehead atoms. The molecule has 1 aliphatic heterocycles. The van der Waals surface area contributed by atoms with Crippen molar-refractivity contribution in [1.82, 2.24) is 19.9 Å². The largest absolute Gasteiger partial charge is 0.508 e. The Morgan fingerprint density at radius 3 is 0.924 bits per heavy atom. The van der Waals surface area contributed by atoms with E-state index in [1.54, 1.807) is 36.4 Å². The van der Waals surface area contributed by atoms with Crippen LogP contribution in [0.3, 0.4) is 0 Å². The summed E-state index contributed by atoms with van der Waals surface area (Å²) in [7, 11) is 0. The zero-order chi connectivity index (χ0) is 45.2. The maximum Gasteiger partial charge on any atom is 0.119 e. The number of phenolic OH excluding ortho intramolecular Hbond substituents is 3. The second-order valence-electron chi connectivity index (χ2n) is 17.5. The van der Waals surface area contributed by atoms with Gasteiger partial charge in [0.1, 0.15) is 23.0 Å². The van der Waals surface area contributed by atoms with Crippen LogP contribution in [0.5, 0.6) is 23.0 Å². The number of aromatic hydroxyl groups is 3. The van der Waals surface area contributed by atoms with Crippen LogP contribution in [0, 0.1) is 0 Å². The molecule has 0 saturated carbocycles. The van der Waals surface area contributed by atoms with E-state index < -0.39 is 0 Å². The lowest BCUT2D eigenvalue weighted by atomic mass is 10.0. The maximum absolute atomic E-state index is 10.3. The van der Waals surface area contributed by atoms with Crippen molar-refractivity contribution < 1.29 is 20.1 Å². The van der Waals surface area contributed by atoms with Crippen LogP contribution >= 0.6 is 0 Å². The van der Waals surface area contributed by atoms with Crippen molar-refractivity contribution in [2.24, 2.45) is 0 Å². The first kappa shape index (κ1) is 43.9. The second-order valence-corrected chi connectivity index (χ2v) is 17.5. The van der Waals surface area contributed by atoms with Gasteiger partial charge in [-0.2, -0.15) is 0 Å². The molecule has 0 fully saturated rings. The molecule has 0 amide bonds. The molecule has 4 aromatic carbocycles. The van der Waals surface area contributed by atoms with Crippen LogP contribution < -0.4 is 26.1 Å². The Bertz CT molecular complexity index is 3110. The molecule has 5 heterocycles. The lowest BCUT2D eigenvalue weighted by molar-refractivity contribution is 0.304. The van der Waals surface area contributed by atoms with Crippen LogP contribution in [-0.2, 0) is 0 Å². The fourth-order valence-corrected chi connectivity index (χ4v) is 9.31. The molecule has 0 radical (unpaired) electrons. The zero-order valence-electron chi connectivity index (χ0n) is 37.8. The highest BCUT2D eigenvalue weighted by atomic mass is 16.5. The van der Waals surface area contributed by atoms with Crippen LogP contribution in [0.15, 0.2) is 146 Å². The lowest BCUT2D eigenvalue weighted by Gasteiger charge is -2.11. The minimum Gasteiger partial charge on any atom is -0.508 e. The van der Waals surface area contributed by atoms with Crippen LogP contribution in [0.4, 0.5) is 0 Å². The van der Waals surface area contributed by atoms with Gasteiger partial charge in [0.15, 0.2) is 0 Å². The number of aromatic nitrogens is 4. The van der Waals surface area contributed by atoms with Gasteiger partial charge in [0.05, 0.1) is 6.61 Å². The third-order valence-corrected chi connectivity index (χ3v) is 12.8. The predicted molar refractivity (Wildman–Crippen MR) is 265 cm³/mol. The van der Waals surface area contributed by atoms with Crippen LogP contribution in [0.25, 0.3) is 22.3 Å². The SMILES string of the molecule is CCCCCCCCCCCCCCOc1ccc(C2=c3ccc([nH]3)=C(c3ccc(O)cc3)c3ccc([nH]3)C(c3ccc(O)cc3)=c3ccc([nH]3)=C(c3ccc(O)cc3)c3ccc2[nH]3)cc1. The van der Waals surface area contributed by atoms with Crippen LogP contribution in [0.2, 0.25) is 0 Å². The monoisotopic (exact) mass is 876 g/mol. The third-order valence-electron chi connectivity index (χ3n) is 12.8. The molecule has 8 aromatic rings. The van der Waals surface area contributed by atoms with Gasteiger partial charge in [-0.1, -0.05) is 126 Å². The van der Waals surface area contributed by atoms with Crippen LogP contribution in [0.1, 0.15) is 129 Å². The van der Waals surface area contributed by atoms with E-state index >= 15 is 0 Å². The Balaban J connectivity index is 1.10. The average molecular weight is 877 g/mol. The quantitative estimate of drug-likeness (QED) is 0.0433. The summed E-state index contributed by atoms with van der Waals surface area (Å²) in [6, 6.07) is 47.1. The maximum atomic E-state index is 10.3. The van der Waals surface area contributed by atoms with Crippen molar-refractivity contribution in [3.63, 3.8) is 0 Å². The molecule has 0 atom stereocenters. The molecule has 7 N–H and O–H groups in total. The van der Waals surface area contributed by atoms with Crippen molar-refractivity contribution >= 4 is 22.3 Å². The van der Waals surface area contributed by atoms with Gasteiger partial charge in [0.25, 0.3) is 0 Å². The molecule has 0 unspecified atom stereocenters. The van der Waals surface area contributed by atoms with Crippen molar-refractivity contribution in [3.05, 3.63) is 212 Å². The highest BCUT2D eigenvalue weighted by Gasteiger charge is 2.19. The van der Waals surface area contributed by atoms with Gasteiger partial charge < -0.3 is 40.0 Å². The fourth-order valence-electron chi connectivity index (χ4n) is 9.31. The van der Waals surface area contributed by atoms with Gasteiger partial charge >= 0.3 is 0 Å². The highest BCUT2D eigenvalue weighted by molar-refractivity contribution is 5.85. The number of benzene rings is 4. The van der Waals surface area contributed by atoms with Crippen LogP contribution in [-0.4, -0.2) is 41.9 Å². The zero-order valence-corrected chi connectivity index (χ0v) is 37.8. The first-order chi connectivity index (χ1) is 32.4. The molecule has 8 heteroatoms. The smallest absolute Gasteiger partial charge is 0.119 e. The van der Waals surface area contributed by atoms with Gasteiger partial charge in [-0.25, -0.2) is 0 Å². The van der Waals surface area contributed by atoms with E-state index in [0.29, 0.717) is 6.61 Å². The number of hydrogen-bond acceptors (Lipinski definition) is 4. The number of phenols is 3. The molecule has 8 nitrogen and oxygen atoms in total. The first-order valence-corrected chi connectivity index (χ1v) is 23.8. The first-order valence-electron chi connectivity index (χ1n) is 23.8. The molecule has 0 aliphatic carbocycles. The summed E-state index contributed by atoms with van der Waals surface area (Å²) < 4.78 is 6.28. The Morgan fingerprint density at radius 2 is 0.606 bits per heavy atom. The third kappa shape index (κ3) is 10.1. The molecule has 0 saturated heterocycles. The molecule has 9 rings (SSSR count). The summed E-state index contributed by atoms with van der Waals surface area (Å²) in [5, 5.41) is 34.5. The van der Waals surface area contributed by atoms with Gasteiger partial charge in [0.2, 0.25) is 0 Å². The highest BCUT2D eigenvalue weighted by Crippen LogP contribution is 2.30. The molecule has 4 aromatic heterocycles. The van der Waals surface area contributed by atoms with E-state index in [1.807, 2.05) is 36.4 Å². The lowest BCUT2D eigenvalue weighted by Crippen LogP contribution is -2.19. The van der Waals surface area contributed by atoms with Crippen molar-refractivity contribution in [1.29, 1.82) is 0 Å². The Hall–Kier alpha value is -7.32. The topological polar surface area (TPSA) is 133 Å². The molecule has 1 aliphatic rings. The number of H-pyrrole nitrogens is 4. The Labute approximate surface area is 386 Å². The standard InChI is InChI=1S/C58H60N4O4/c1-2-3-4-5-6-7-8-9-10-11-12-13-38-66-46-28-20-42(21-29-46)58-53-36-34-51(61-53)56(40-16-24-44(64)25-17-40)49-32-30-47(59-49)55(39-14-22-43(63)23-15-39)48-31-33-50(60-48)57(52-35-37-54(58)62-52)41-18-26-45(65)27-19-41/h14-37,59-65H,2-13,38H2,1H3. The molecular formula is C58H60N4O4. The molecule has 0 spiro atoms. The van der Waals surface area contributed by atoms with Crippen molar-refractivity contribution in [2.75, 3.05) is 6.61 Å². The number of nitrogens with one attached hydrogen (secondary N) is 4. The Kier molecular flexibility index (Phi) is 13.8. The van der Waals surface area contributed by atoms with Gasteiger partial charge in [0, 0.05) is 66.5 Å². The van der Waals surface area contributed by atoms with E-state index in [9.17, 15) is 15.3 Å².